The van der Waals surface area contributed by atoms with E-state index < -0.39 is 65.8 Å². The smallest absolute Gasteiger partial charge is 0.330 e. The third-order valence-electron chi connectivity index (χ3n) is 4.62. The standard InChI is InChI=1S/C16H24N6O9/c17-6(2-1-4-19-15(18)29)12(26)21-8(14(27)28)11-9(24)10(25)13(31-11)22-5-3-7(23)20-16(22)30/h3,5-6,8-11,13,24-25H,1-2,4,17H2,(H,21,26)(H,27,28)(H3,18,19,29)(H,20,23,30)/t6-,8+,9-,10+,11+,13+/m0/s1. The zero-order chi connectivity index (χ0) is 23.3. The van der Waals surface area contributed by atoms with E-state index in [-0.39, 0.29) is 19.4 Å². The molecule has 1 aliphatic rings. The number of nitrogens with zero attached hydrogens (tertiary/aromatic N) is 1. The largest absolute Gasteiger partial charge is 0.480 e. The monoisotopic (exact) mass is 444 g/mol. The topological polar surface area (TPSA) is 252 Å². The van der Waals surface area contributed by atoms with Crippen LogP contribution in [0.5, 0.6) is 0 Å². The molecule has 0 aromatic carbocycles. The van der Waals surface area contributed by atoms with Gasteiger partial charge in [0, 0.05) is 18.8 Å². The number of aliphatic hydroxyl groups is 2. The van der Waals surface area contributed by atoms with E-state index in [1.807, 2.05) is 4.98 Å². The second-order valence-electron chi connectivity index (χ2n) is 6.85. The summed E-state index contributed by atoms with van der Waals surface area (Å²) in [4.78, 5) is 59.6. The number of carboxylic acid groups (broad SMARTS) is 1. The van der Waals surface area contributed by atoms with Crippen molar-refractivity contribution >= 4 is 17.9 Å². The molecule has 15 nitrogen and oxygen atoms in total. The predicted octanol–water partition coefficient (Wildman–Crippen LogP) is -4.50. The summed E-state index contributed by atoms with van der Waals surface area (Å²) in [5.41, 5.74) is 8.97. The summed E-state index contributed by atoms with van der Waals surface area (Å²) in [6.07, 6.45) is -5.30. The van der Waals surface area contributed by atoms with E-state index in [0.717, 1.165) is 16.8 Å². The van der Waals surface area contributed by atoms with Crippen molar-refractivity contribution in [3.8, 4) is 0 Å². The second kappa shape index (κ2) is 10.2. The number of carboxylic acids is 1. The van der Waals surface area contributed by atoms with E-state index in [1.54, 1.807) is 0 Å². The second-order valence-corrected chi connectivity index (χ2v) is 6.85. The highest BCUT2D eigenvalue weighted by atomic mass is 16.6. The fourth-order valence-corrected chi connectivity index (χ4v) is 3.03. The minimum atomic E-state index is -1.81. The van der Waals surface area contributed by atoms with Gasteiger partial charge in [0.1, 0.15) is 18.3 Å². The Labute approximate surface area is 174 Å². The first-order chi connectivity index (χ1) is 14.5. The van der Waals surface area contributed by atoms with Gasteiger partial charge in [0.15, 0.2) is 12.3 Å². The Morgan fingerprint density at radius 2 is 1.94 bits per heavy atom. The van der Waals surface area contributed by atoms with Crippen molar-refractivity contribution < 1.29 is 34.4 Å². The SMILES string of the molecule is NC(=O)NCCC[C@H](N)C(=O)N[C@@H](C(=O)O)[C@H]1O[C@@H](n2ccc(=O)[nH]c2=O)[C@H](O)[C@@H]1O. The lowest BCUT2D eigenvalue weighted by Gasteiger charge is -2.24. The molecule has 172 valence electrons. The summed E-state index contributed by atoms with van der Waals surface area (Å²) >= 11 is 0. The number of primary amides is 1. The fraction of sp³-hybridized carbons (Fsp3) is 0.562. The first kappa shape index (κ1) is 24.0. The average molecular weight is 444 g/mol. The first-order valence-corrected chi connectivity index (χ1v) is 9.18. The van der Waals surface area contributed by atoms with E-state index in [4.69, 9.17) is 16.2 Å². The van der Waals surface area contributed by atoms with Crippen LogP contribution in [0.1, 0.15) is 19.1 Å². The minimum Gasteiger partial charge on any atom is -0.480 e. The number of hydrogen-bond donors (Lipinski definition) is 8. The highest BCUT2D eigenvalue weighted by Gasteiger charge is 2.50. The lowest BCUT2D eigenvalue weighted by Crippen LogP contribution is -2.56. The molecule has 31 heavy (non-hydrogen) atoms. The number of aromatic amines is 1. The van der Waals surface area contributed by atoms with Crippen molar-refractivity contribution in [1.82, 2.24) is 20.2 Å². The number of H-pyrrole nitrogens is 1. The van der Waals surface area contributed by atoms with Gasteiger partial charge < -0.3 is 42.2 Å². The lowest BCUT2D eigenvalue weighted by molar-refractivity contribution is -0.149. The van der Waals surface area contributed by atoms with Gasteiger partial charge in [-0.15, -0.1) is 0 Å². The van der Waals surface area contributed by atoms with E-state index in [2.05, 4.69) is 10.6 Å². The molecule has 1 aromatic heterocycles. The van der Waals surface area contributed by atoms with Crippen molar-refractivity contribution in [2.24, 2.45) is 11.5 Å². The third kappa shape index (κ3) is 5.88. The Balaban J connectivity index is 2.09. The molecule has 0 spiro atoms. The molecule has 0 radical (unpaired) electrons. The van der Waals surface area contributed by atoms with Crippen LogP contribution < -0.4 is 33.3 Å². The highest BCUT2D eigenvalue weighted by molar-refractivity contribution is 5.87. The lowest BCUT2D eigenvalue weighted by atomic mass is 10.0. The predicted molar refractivity (Wildman–Crippen MR) is 102 cm³/mol. The fourth-order valence-electron chi connectivity index (χ4n) is 3.03. The van der Waals surface area contributed by atoms with E-state index >= 15 is 0 Å². The molecular weight excluding hydrogens is 420 g/mol. The van der Waals surface area contributed by atoms with E-state index in [9.17, 15) is 39.3 Å². The zero-order valence-corrected chi connectivity index (χ0v) is 16.1. The quantitative estimate of drug-likeness (QED) is 0.169. The summed E-state index contributed by atoms with van der Waals surface area (Å²) in [7, 11) is 0. The van der Waals surface area contributed by atoms with Crippen molar-refractivity contribution in [3.63, 3.8) is 0 Å². The summed E-state index contributed by atoms with van der Waals surface area (Å²) in [6, 6.07) is -2.72. The molecule has 0 unspecified atom stereocenters. The van der Waals surface area contributed by atoms with Crippen molar-refractivity contribution in [2.75, 3.05) is 6.54 Å². The van der Waals surface area contributed by atoms with Gasteiger partial charge in [0.2, 0.25) is 5.91 Å². The van der Waals surface area contributed by atoms with Gasteiger partial charge in [-0.3, -0.25) is 19.1 Å². The normalized spacial score (nSPS) is 24.9. The van der Waals surface area contributed by atoms with Gasteiger partial charge in [0.25, 0.3) is 5.56 Å². The van der Waals surface area contributed by atoms with Crippen LogP contribution in [-0.2, 0) is 14.3 Å². The van der Waals surface area contributed by atoms with Crippen LogP contribution in [-0.4, -0.2) is 79.7 Å². The van der Waals surface area contributed by atoms with Gasteiger partial charge in [-0.25, -0.2) is 14.4 Å². The molecule has 1 aromatic rings. The molecule has 10 N–H and O–H groups in total. The summed E-state index contributed by atoms with van der Waals surface area (Å²) < 4.78 is 6.14. The van der Waals surface area contributed by atoms with Gasteiger partial charge >= 0.3 is 17.7 Å². The van der Waals surface area contributed by atoms with Crippen LogP contribution in [0, 0.1) is 0 Å². The molecule has 3 amide bonds. The molecule has 2 rings (SSSR count). The number of ether oxygens (including phenoxy) is 1. The number of aliphatic carboxylic acids is 1. The molecule has 0 bridgehead atoms. The molecule has 6 atom stereocenters. The Kier molecular flexibility index (Phi) is 7.87. The van der Waals surface area contributed by atoms with E-state index in [1.165, 1.54) is 0 Å². The maximum Gasteiger partial charge on any atom is 0.330 e. The third-order valence-corrected chi connectivity index (χ3v) is 4.62. The summed E-state index contributed by atoms with van der Waals surface area (Å²) in [5.74, 6) is -2.46. The van der Waals surface area contributed by atoms with Crippen molar-refractivity contribution in [3.05, 3.63) is 33.1 Å². The van der Waals surface area contributed by atoms with Gasteiger partial charge in [0.05, 0.1) is 6.04 Å². The van der Waals surface area contributed by atoms with Crippen molar-refractivity contribution in [2.45, 2.75) is 49.5 Å². The van der Waals surface area contributed by atoms with E-state index in [0.29, 0.717) is 0 Å². The Hall–Kier alpha value is -3.27. The van der Waals surface area contributed by atoms with Crippen LogP contribution in [0.3, 0.4) is 0 Å². The zero-order valence-electron chi connectivity index (χ0n) is 16.1. The minimum absolute atomic E-state index is 0.0878. The van der Waals surface area contributed by atoms with Crippen LogP contribution >= 0.6 is 0 Å². The average Bonchev–Trinajstić information content (AvgIpc) is 2.97. The number of rotatable bonds is 9. The van der Waals surface area contributed by atoms with Crippen LogP contribution in [0.2, 0.25) is 0 Å². The maximum atomic E-state index is 12.3. The number of carbonyl (C=O) groups excluding carboxylic acids is 2. The number of carbonyl (C=O) groups is 3. The summed E-state index contributed by atoms with van der Waals surface area (Å²) in [6.45, 7) is 0.158. The molecule has 2 heterocycles. The molecular formula is C16H24N6O9. The highest BCUT2D eigenvalue weighted by Crippen LogP contribution is 2.30. The molecule has 0 aliphatic carbocycles. The molecule has 1 fully saturated rings. The van der Waals surface area contributed by atoms with Crippen LogP contribution in [0.15, 0.2) is 21.9 Å². The molecule has 0 saturated carbocycles. The summed E-state index contributed by atoms with van der Waals surface area (Å²) in [5, 5.41) is 34.4. The number of nitrogens with two attached hydrogens (primary N) is 2. The Morgan fingerprint density at radius 1 is 1.26 bits per heavy atom. The number of aliphatic hydroxyl groups excluding tert-OH is 2. The number of urea groups is 1. The number of hydrogen-bond acceptors (Lipinski definition) is 9. The van der Waals surface area contributed by atoms with Gasteiger partial charge in [-0.05, 0) is 12.8 Å². The maximum absolute atomic E-state index is 12.3. The number of nitrogens with one attached hydrogen (secondary N) is 3. The van der Waals surface area contributed by atoms with Crippen LogP contribution in [0.25, 0.3) is 0 Å². The van der Waals surface area contributed by atoms with Gasteiger partial charge in [-0.2, -0.15) is 0 Å². The number of amides is 3. The number of aromatic nitrogens is 2. The molecule has 15 heteroatoms. The first-order valence-electron chi connectivity index (χ1n) is 9.18. The van der Waals surface area contributed by atoms with Gasteiger partial charge in [-0.1, -0.05) is 0 Å². The molecule has 1 aliphatic heterocycles. The van der Waals surface area contributed by atoms with Crippen molar-refractivity contribution in [1.29, 1.82) is 0 Å². The Morgan fingerprint density at radius 3 is 2.52 bits per heavy atom. The van der Waals surface area contributed by atoms with Crippen LogP contribution in [0.4, 0.5) is 4.79 Å². The molecule has 1 saturated heterocycles. The Bertz CT molecular complexity index is 931.